The van der Waals surface area contributed by atoms with E-state index in [9.17, 15) is 4.79 Å². The van der Waals surface area contributed by atoms with E-state index >= 15 is 0 Å². The van der Waals surface area contributed by atoms with E-state index in [-0.39, 0.29) is 11.9 Å². The Bertz CT molecular complexity index is 796. The van der Waals surface area contributed by atoms with Crippen molar-refractivity contribution in [1.82, 2.24) is 9.88 Å². The zero-order valence-electron chi connectivity index (χ0n) is 14.6. The highest BCUT2D eigenvalue weighted by molar-refractivity contribution is 8.00. The Labute approximate surface area is 160 Å². The molecule has 26 heavy (non-hydrogen) atoms. The molecule has 2 aromatic rings. The van der Waals surface area contributed by atoms with Gasteiger partial charge in [-0.15, -0.1) is 11.3 Å². The fraction of sp³-hybridized carbons (Fsp3) is 0.444. The van der Waals surface area contributed by atoms with Crippen LogP contribution >= 0.6 is 23.1 Å². The lowest BCUT2D eigenvalue weighted by atomic mass is 10.0. The average Bonchev–Trinajstić information content (AvgIpc) is 3.17. The molecule has 0 bridgehead atoms. The Morgan fingerprint density at radius 2 is 2.19 bits per heavy atom. The number of amides is 1. The number of fused-ring (bicyclic) bond motifs is 1. The first-order valence-electron chi connectivity index (χ1n) is 8.68. The van der Waals surface area contributed by atoms with Gasteiger partial charge in [0.15, 0.2) is 11.5 Å². The number of rotatable bonds is 4. The maximum atomic E-state index is 12.7. The number of aromatic nitrogens is 1. The molecule has 0 unspecified atom stereocenters. The highest BCUT2D eigenvalue weighted by atomic mass is 32.2. The predicted octanol–water partition coefficient (Wildman–Crippen LogP) is 3.35. The first kappa shape index (κ1) is 17.5. The summed E-state index contributed by atoms with van der Waals surface area (Å²) >= 11 is 3.09. The summed E-state index contributed by atoms with van der Waals surface area (Å²) in [6.07, 6.45) is 3.99. The van der Waals surface area contributed by atoms with Crippen LogP contribution < -0.4 is 14.8 Å². The van der Waals surface area contributed by atoms with Crippen molar-refractivity contribution in [1.29, 1.82) is 0 Å². The van der Waals surface area contributed by atoms with Crippen LogP contribution in [0.25, 0.3) is 0 Å². The van der Waals surface area contributed by atoms with Crippen LogP contribution in [0.2, 0.25) is 0 Å². The van der Waals surface area contributed by atoms with Gasteiger partial charge in [0.1, 0.15) is 23.2 Å². The summed E-state index contributed by atoms with van der Waals surface area (Å²) < 4.78 is 12.1. The van der Waals surface area contributed by atoms with Crippen LogP contribution in [0.3, 0.4) is 0 Å². The Morgan fingerprint density at radius 1 is 1.35 bits per heavy atom. The fourth-order valence-electron chi connectivity index (χ4n) is 3.26. The molecule has 1 atom stereocenters. The van der Waals surface area contributed by atoms with Crippen molar-refractivity contribution in [3.05, 3.63) is 29.3 Å². The molecule has 1 saturated heterocycles. The second-order valence-electron chi connectivity index (χ2n) is 6.30. The maximum absolute atomic E-state index is 12.7. The van der Waals surface area contributed by atoms with E-state index < -0.39 is 0 Å². The highest BCUT2D eigenvalue weighted by Crippen LogP contribution is 2.33. The average molecular weight is 392 g/mol. The quantitative estimate of drug-likeness (QED) is 0.807. The van der Waals surface area contributed by atoms with Gasteiger partial charge in [-0.25, -0.2) is 4.98 Å². The van der Waals surface area contributed by atoms with Crippen LogP contribution in [-0.4, -0.2) is 54.4 Å². The summed E-state index contributed by atoms with van der Waals surface area (Å²) in [7, 11) is 0. The zero-order chi connectivity index (χ0) is 17.9. The summed E-state index contributed by atoms with van der Waals surface area (Å²) in [4.78, 5) is 19.0. The molecule has 3 heterocycles. The minimum absolute atomic E-state index is 0.0234. The SMILES string of the molecule is CSc1nc(C(=O)N2CCC[C@@H](Nc3ccc4c(c3)OCCO4)C2)cs1. The summed E-state index contributed by atoms with van der Waals surface area (Å²) in [5.74, 6) is 1.59. The van der Waals surface area contributed by atoms with Gasteiger partial charge in [-0.3, -0.25) is 4.79 Å². The Morgan fingerprint density at radius 3 is 3.00 bits per heavy atom. The minimum Gasteiger partial charge on any atom is -0.486 e. The van der Waals surface area contributed by atoms with Crippen molar-refractivity contribution in [2.75, 3.05) is 37.9 Å². The van der Waals surface area contributed by atoms with Crippen LogP contribution in [0, 0.1) is 0 Å². The number of anilines is 1. The molecule has 138 valence electrons. The molecule has 0 spiro atoms. The van der Waals surface area contributed by atoms with E-state index in [2.05, 4.69) is 10.3 Å². The van der Waals surface area contributed by atoms with Gasteiger partial charge in [-0.05, 0) is 31.2 Å². The molecule has 1 aromatic carbocycles. The van der Waals surface area contributed by atoms with Gasteiger partial charge in [-0.2, -0.15) is 0 Å². The molecular formula is C18H21N3O3S2. The molecule has 1 amide bonds. The Hall–Kier alpha value is -1.93. The Balaban J connectivity index is 1.41. The van der Waals surface area contributed by atoms with Crippen LogP contribution in [0.15, 0.2) is 27.9 Å². The third kappa shape index (κ3) is 3.76. The van der Waals surface area contributed by atoms with Crippen molar-refractivity contribution in [2.45, 2.75) is 23.2 Å². The third-order valence-corrected chi connectivity index (χ3v) is 6.36. The lowest BCUT2D eigenvalue weighted by Gasteiger charge is -2.33. The lowest BCUT2D eigenvalue weighted by Crippen LogP contribution is -2.45. The van der Waals surface area contributed by atoms with Gasteiger partial charge >= 0.3 is 0 Å². The van der Waals surface area contributed by atoms with E-state index in [0.717, 1.165) is 40.9 Å². The molecule has 1 N–H and O–H groups in total. The Kier molecular flexibility index (Phi) is 5.21. The van der Waals surface area contributed by atoms with E-state index in [1.807, 2.05) is 34.7 Å². The molecule has 1 aromatic heterocycles. The summed E-state index contributed by atoms with van der Waals surface area (Å²) in [5.41, 5.74) is 1.55. The monoisotopic (exact) mass is 391 g/mol. The number of thiazole rings is 1. The number of thioether (sulfide) groups is 1. The number of ether oxygens (including phenoxy) is 2. The van der Waals surface area contributed by atoms with Gasteiger partial charge in [0, 0.05) is 36.3 Å². The number of carbonyl (C=O) groups is 1. The van der Waals surface area contributed by atoms with Crippen molar-refractivity contribution >= 4 is 34.7 Å². The van der Waals surface area contributed by atoms with Crippen molar-refractivity contribution < 1.29 is 14.3 Å². The van der Waals surface area contributed by atoms with Crippen molar-refractivity contribution in [3.63, 3.8) is 0 Å². The van der Waals surface area contributed by atoms with Crippen molar-refractivity contribution in [3.8, 4) is 11.5 Å². The third-order valence-electron chi connectivity index (χ3n) is 4.50. The van der Waals surface area contributed by atoms with E-state index in [0.29, 0.717) is 25.5 Å². The van der Waals surface area contributed by atoms with E-state index in [1.54, 1.807) is 11.8 Å². The molecule has 0 radical (unpaired) electrons. The van der Waals surface area contributed by atoms with E-state index in [1.165, 1.54) is 11.3 Å². The van der Waals surface area contributed by atoms with Gasteiger partial charge in [0.2, 0.25) is 0 Å². The summed E-state index contributed by atoms with van der Waals surface area (Å²) in [6.45, 7) is 2.63. The number of nitrogens with one attached hydrogen (secondary N) is 1. The van der Waals surface area contributed by atoms with Crippen LogP contribution in [0.1, 0.15) is 23.3 Å². The molecule has 6 nitrogen and oxygen atoms in total. The fourth-order valence-corrected chi connectivity index (χ4v) is 4.50. The number of piperidine rings is 1. The molecule has 0 aliphatic carbocycles. The molecule has 2 aliphatic heterocycles. The number of nitrogens with zero attached hydrogens (tertiary/aromatic N) is 2. The largest absolute Gasteiger partial charge is 0.486 e. The van der Waals surface area contributed by atoms with Crippen LogP contribution in [0.5, 0.6) is 11.5 Å². The van der Waals surface area contributed by atoms with Gasteiger partial charge in [-0.1, -0.05) is 11.8 Å². The number of hydrogen-bond donors (Lipinski definition) is 1. The number of carbonyl (C=O) groups excluding carboxylic acids is 1. The van der Waals surface area contributed by atoms with E-state index in [4.69, 9.17) is 9.47 Å². The molecule has 8 heteroatoms. The molecule has 0 saturated carbocycles. The van der Waals surface area contributed by atoms with Gasteiger partial charge in [0.25, 0.3) is 5.91 Å². The summed E-state index contributed by atoms with van der Waals surface area (Å²) in [6, 6.07) is 6.12. The minimum atomic E-state index is 0.0234. The predicted molar refractivity (Wildman–Crippen MR) is 104 cm³/mol. The summed E-state index contributed by atoms with van der Waals surface area (Å²) in [5, 5.41) is 5.39. The second-order valence-corrected chi connectivity index (χ2v) is 8.21. The maximum Gasteiger partial charge on any atom is 0.273 e. The zero-order valence-corrected chi connectivity index (χ0v) is 16.2. The second kappa shape index (κ2) is 7.75. The molecule has 4 rings (SSSR count). The van der Waals surface area contributed by atoms with Crippen LogP contribution in [0.4, 0.5) is 5.69 Å². The molecule has 1 fully saturated rings. The molecule has 2 aliphatic rings. The number of benzene rings is 1. The van der Waals surface area contributed by atoms with Gasteiger partial charge in [0.05, 0.1) is 0 Å². The molecular weight excluding hydrogens is 370 g/mol. The lowest BCUT2D eigenvalue weighted by molar-refractivity contribution is 0.0709. The topological polar surface area (TPSA) is 63.7 Å². The van der Waals surface area contributed by atoms with Crippen molar-refractivity contribution in [2.24, 2.45) is 0 Å². The normalized spacial score (nSPS) is 19.3. The highest BCUT2D eigenvalue weighted by Gasteiger charge is 2.26. The first-order valence-corrected chi connectivity index (χ1v) is 10.8. The number of hydrogen-bond acceptors (Lipinski definition) is 7. The smallest absolute Gasteiger partial charge is 0.273 e. The standard InChI is InChI=1S/C18H21N3O3S2/c1-25-18-20-14(11-26-18)17(22)21-6-2-3-13(10-21)19-12-4-5-15-16(9-12)24-8-7-23-15/h4-5,9,11,13,19H,2-3,6-8,10H2,1H3/t13-/m1/s1. The number of likely N-dealkylation sites (tertiary alicyclic amines) is 1. The first-order chi connectivity index (χ1) is 12.7. The van der Waals surface area contributed by atoms with Crippen LogP contribution in [-0.2, 0) is 0 Å². The van der Waals surface area contributed by atoms with Gasteiger partial charge < -0.3 is 19.7 Å².